The average molecular weight is 325 g/mol. The first-order valence-corrected chi connectivity index (χ1v) is 7.55. The van der Waals surface area contributed by atoms with Crippen LogP contribution in [0.1, 0.15) is 20.3 Å². The van der Waals surface area contributed by atoms with E-state index in [1.807, 2.05) is 13.8 Å². The Bertz CT molecular complexity index is 351. The molecule has 1 amide bonds. The van der Waals surface area contributed by atoms with E-state index in [2.05, 4.69) is 5.32 Å². The van der Waals surface area contributed by atoms with Gasteiger partial charge in [-0.3, -0.25) is 14.6 Å². The van der Waals surface area contributed by atoms with Crippen LogP contribution in [-0.2, 0) is 9.53 Å². The van der Waals surface area contributed by atoms with E-state index < -0.39 is 12.2 Å². The summed E-state index contributed by atoms with van der Waals surface area (Å²) < 4.78 is 44.6. The fraction of sp³-hybridized carbons (Fsp3) is 0.929. The van der Waals surface area contributed by atoms with Crippen LogP contribution in [0.25, 0.3) is 0 Å². The summed E-state index contributed by atoms with van der Waals surface area (Å²) in [5, 5.41) is 2.70. The van der Waals surface area contributed by atoms with Gasteiger partial charge < -0.3 is 10.1 Å². The average Bonchev–Trinajstić information content (AvgIpc) is 2.38. The van der Waals surface area contributed by atoms with E-state index in [0.29, 0.717) is 32.7 Å². The van der Waals surface area contributed by atoms with E-state index in [1.165, 1.54) is 12.0 Å². The molecule has 5 nitrogen and oxygen atoms in total. The van der Waals surface area contributed by atoms with E-state index in [0.717, 1.165) is 0 Å². The lowest BCUT2D eigenvalue weighted by atomic mass is 10.1. The lowest BCUT2D eigenvalue weighted by Gasteiger charge is -2.41. The molecule has 1 aliphatic heterocycles. The molecule has 1 aliphatic rings. The Balaban J connectivity index is 2.57. The molecule has 0 aromatic carbocycles. The first-order valence-electron chi connectivity index (χ1n) is 7.55. The Morgan fingerprint density at radius 1 is 1.36 bits per heavy atom. The van der Waals surface area contributed by atoms with Crippen LogP contribution in [0.15, 0.2) is 0 Å². The van der Waals surface area contributed by atoms with E-state index in [-0.39, 0.29) is 25.0 Å². The number of nitrogens with one attached hydrogen (secondary N) is 1. The molecule has 0 radical (unpaired) electrons. The zero-order valence-electron chi connectivity index (χ0n) is 13.4. The lowest BCUT2D eigenvalue weighted by molar-refractivity contribution is -0.197. The SMILES string of the molecule is COCCCN1CCN(CC(=O)NC(C)C)C[C@H]1C(F)(F)F. The molecule has 0 unspecified atom stereocenters. The molecule has 0 aromatic heterocycles. The second-order valence-electron chi connectivity index (χ2n) is 5.90. The second-order valence-corrected chi connectivity index (χ2v) is 5.90. The highest BCUT2D eigenvalue weighted by Crippen LogP contribution is 2.28. The summed E-state index contributed by atoms with van der Waals surface area (Å²) in [5.41, 5.74) is 0. The number of hydrogen-bond donors (Lipinski definition) is 1. The molecule has 0 aliphatic carbocycles. The number of hydrogen-bond acceptors (Lipinski definition) is 4. The smallest absolute Gasteiger partial charge is 0.385 e. The van der Waals surface area contributed by atoms with Crippen LogP contribution >= 0.6 is 0 Å². The number of methoxy groups -OCH3 is 1. The molecule has 1 saturated heterocycles. The number of rotatable bonds is 7. The second kappa shape index (κ2) is 8.69. The van der Waals surface area contributed by atoms with Gasteiger partial charge in [0, 0.05) is 45.9 Å². The van der Waals surface area contributed by atoms with Crippen LogP contribution in [-0.4, -0.2) is 80.4 Å². The fourth-order valence-electron chi connectivity index (χ4n) is 2.58. The van der Waals surface area contributed by atoms with Gasteiger partial charge in [-0.05, 0) is 20.3 Å². The van der Waals surface area contributed by atoms with Crippen molar-refractivity contribution in [2.45, 2.75) is 38.5 Å². The Morgan fingerprint density at radius 3 is 2.59 bits per heavy atom. The van der Waals surface area contributed by atoms with Crippen molar-refractivity contribution in [3.63, 3.8) is 0 Å². The number of amides is 1. The zero-order valence-corrected chi connectivity index (χ0v) is 13.4. The summed E-state index contributed by atoms with van der Waals surface area (Å²) >= 11 is 0. The summed E-state index contributed by atoms with van der Waals surface area (Å²) in [6.07, 6.45) is -3.73. The third-order valence-electron chi connectivity index (χ3n) is 3.56. The van der Waals surface area contributed by atoms with Crippen LogP contribution in [0.5, 0.6) is 0 Å². The monoisotopic (exact) mass is 325 g/mol. The van der Waals surface area contributed by atoms with Gasteiger partial charge in [-0.25, -0.2) is 0 Å². The standard InChI is InChI=1S/C14H26F3N3O2/c1-11(2)18-13(21)10-19-6-7-20(5-4-8-22-3)12(9-19)14(15,16)17/h11-12H,4-10H2,1-3H3,(H,18,21)/t12-/m0/s1. The molecule has 1 fully saturated rings. The maximum absolute atomic E-state index is 13.2. The zero-order chi connectivity index (χ0) is 16.8. The van der Waals surface area contributed by atoms with E-state index in [1.54, 1.807) is 4.90 Å². The molecule has 1 heterocycles. The van der Waals surface area contributed by atoms with E-state index in [4.69, 9.17) is 4.74 Å². The Hall–Kier alpha value is -0.860. The number of alkyl halides is 3. The summed E-state index contributed by atoms with van der Waals surface area (Å²) in [4.78, 5) is 14.7. The number of carbonyl (C=O) groups is 1. The maximum atomic E-state index is 13.2. The molecule has 0 bridgehead atoms. The summed E-state index contributed by atoms with van der Waals surface area (Å²) in [5.74, 6) is -0.233. The van der Waals surface area contributed by atoms with Crippen LogP contribution in [0.3, 0.4) is 0 Å². The third kappa shape index (κ3) is 6.50. The quantitative estimate of drug-likeness (QED) is 0.712. The predicted molar refractivity (Wildman–Crippen MR) is 77.6 cm³/mol. The predicted octanol–water partition coefficient (Wildman–Crippen LogP) is 1.10. The molecule has 1 N–H and O–H groups in total. The minimum Gasteiger partial charge on any atom is -0.385 e. The van der Waals surface area contributed by atoms with Gasteiger partial charge in [0.1, 0.15) is 6.04 Å². The van der Waals surface area contributed by atoms with Crippen LogP contribution in [0.4, 0.5) is 13.2 Å². The van der Waals surface area contributed by atoms with Gasteiger partial charge in [-0.15, -0.1) is 0 Å². The molecule has 1 rings (SSSR count). The Kier molecular flexibility index (Phi) is 7.58. The van der Waals surface area contributed by atoms with Crippen molar-refractivity contribution >= 4 is 5.91 Å². The van der Waals surface area contributed by atoms with Gasteiger partial charge in [0.05, 0.1) is 6.54 Å². The fourth-order valence-corrected chi connectivity index (χ4v) is 2.58. The molecular formula is C14H26F3N3O2. The Labute approximate surface area is 129 Å². The molecule has 1 atom stereocenters. The van der Waals surface area contributed by atoms with Gasteiger partial charge in [-0.1, -0.05) is 0 Å². The van der Waals surface area contributed by atoms with Crippen molar-refractivity contribution in [2.75, 3.05) is 46.4 Å². The minimum absolute atomic E-state index is 0.0106. The van der Waals surface area contributed by atoms with Gasteiger partial charge in [0.25, 0.3) is 0 Å². The van der Waals surface area contributed by atoms with Crippen molar-refractivity contribution in [3.8, 4) is 0 Å². The molecule has 8 heteroatoms. The molecule has 130 valence electrons. The number of nitrogens with zero attached hydrogens (tertiary/aromatic N) is 2. The third-order valence-corrected chi connectivity index (χ3v) is 3.56. The van der Waals surface area contributed by atoms with E-state index in [9.17, 15) is 18.0 Å². The highest BCUT2D eigenvalue weighted by Gasteiger charge is 2.46. The van der Waals surface area contributed by atoms with Crippen molar-refractivity contribution in [1.29, 1.82) is 0 Å². The largest absolute Gasteiger partial charge is 0.405 e. The van der Waals surface area contributed by atoms with Crippen molar-refractivity contribution in [1.82, 2.24) is 15.1 Å². The number of ether oxygens (including phenoxy) is 1. The Morgan fingerprint density at radius 2 is 2.05 bits per heavy atom. The van der Waals surface area contributed by atoms with Crippen LogP contribution in [0.2, 0.25) is 0 Å². The van der Waals surface area contributed by atoms with Gasteiger partial charge in [0.2, 0.25) is 5.91 Å². The van der Waals surface area contributed by atoms with E-state index >= 15 is 0 Å². The van der Waals surface area contributed by atoms with Gasteiger partial charge in [-0.2, -0.15) is 13.2 Å². The molecule has 0 spiro atoms. The molecule has 0 aromatic rings. The number of piperazine rings is 1. The summed E-state index contributed by atoms with van der Waals surface area (Å²) in [6, 6.07) is -1.54. The number of carbonyl (C=O) groups excluding carboxylic acids is 1. The number of halogens is 3. The van der Waals surface area contributed by atoms with Crippen molar-refractivity contribution in [3.05, 3.63) is 0 Å². The highest BCUT2D eigenvalue weighted by molar-refractivity contribution is 5.78. The first-order chi connectivity index (χ1) is 10.2. The molecule has 22 heavy (non-hydrogen) atoms. The minimum atomic E-state index is -4.29. The molecule has 0 saturated carbocycles. The molecular weight excluding hydrogens is 299 g/mol. The van der Waals surface area contributed by atoms with Crippen molar-refractivity contribution in [2.24, 2.45) is 0 Å². The first kappa shape index (κ1) is 19.2. The summed E-state index contributed by atoms with van der Waals surface area (Å²) in [6.45, 7) is 5.06. The van der Waals surface area contributed by atoms with Gasteiger partial charge >= 0.3 is 6.18 Å². The maximum Gasteiger partial charge on any atom is 0.405 e. The summed E-state index contributed by atoms with van der Waals surface area (Å²) in [7, 11) is 1.53. The lowest BCUT2D eigenvalue weighted by Crippen LogP contribution is -2.60. The highest BCUT2D eigenvalue weighted by atomic mass is 19.4. The van der Waals surface area contributed by atoms with Gasteiger partial charge in [0.15, 0.2) is 0 Å². The van der Waals surface area contributed by atoms with Crippen molar-refractivity contribution < 1.29 is 22.7 Å². The normalized spacial score (nSPS) is 21.3. The van der Waals surface area contributed by atoms with Crippen LogP contribution in [0, 0.1) is 0 Å². The van der Waals surface area contributed by atoms with Crippen LogP contribution < -0.4 is 5.32 Å². The topological polar surface area (TPSA) is 44.8 Å².